The van der Waals surface area contributed by atoms with Gasteiger partial charge in [-0.25, -0.2) is 0 Å². The Kier molecular flexibility index (Phi) is 3.22. The molecule has 5 nitrogen and oxygen atoms in total. The summed E-state index contributed by atoms with van der Waals surface area (Å²) in [6, 6.07) is 13.2. The highest BCUT2D eigenvalue weighted by atomic mass is 16.1. The number of carbonyl (C=O) groups excluding carboxylic acids is 1. The van der Waals surface area contributed by atoms with E-state index in [1.54, 1.807) is 6.07 Å². The summed E-state index contributed by atoms with van der Waals surface area (Å²) in [6.45, 7) is 0. The van der Waals surface area contributed by atoms with Crippen molar-refractivity contribution in [2.75, 3.05) is 5.32 Å². The van der Waals surface area contributed by atoms with Gasteiger partial charge in [0.2, 0.25) is 0 Å². The van der Waals surface area contributed by atoms with Crippen molar-refractivity contribution < 1.29 is 4.79 Å². The first-order chi connectivity index (χ1) is 12.7. The number of hydrogen-bond donors (Lipinski definition) is 3. The number of hydrogen-bond acceptors (Lipinski definition) is 2. The molecule has 0 saturated heterocycles. The number of rotatable bonds is 2. The average Bonchev–Trinajstić information content (AvgIpc) is 3.30. The van der Waals surface area contributed by atoms with Gasteiger partial charge in [-0.1, -0.05) is 6.07 Å². The lowest BCUT2D eigenvalue weighted by atomic mass is 10.1. The lowest BCUT2D eigenvalue weighted by molar-refractivity contribution is 0.102. The van der Waals surface area contributed by atoms with Gasteiger partial charge in [-0.3, -0.25) is 9.59 Å². The van der Waals surface area contributed by atoms with Gasteiger partial charge in [0.1, 0.15) is 0 Å². The van der Waals surface area contributed by atoms with Crippen molar-refractivity contribution in [1.82, 2.24) is 9.97 Å². The predicted molar refractivity (Wildman–Crippen MR) is 103 cm³/mol. The molecule has 0 spiro atoms. The highest BCUT2D eigenvalue weighted by Crippen LogP contribution is 2.28. The van der Waals surface area contributed by atoms with Crippen LogP contribution in [0.5, 0.6) is 0 Å². The second-order valence-corrected chi connectivity index (χ2v) is 6.76. The van der Waals surface area contributed by atoms with Gasteiger partial charge in [0, 0.05) is 39.3 Å². The number of anilines is 1. The topological polar surface area (TPSA) is 77.8 Å². The number of aromatic amines is 2. The minimum absolute atomic E-state index is 0.00798. The number of nitrogens with one attached hydrogen (secondary N) is 3. The SMILES string of the molecule is O=C(Nc1ccc2c3c(c(=O)[nH]c2c1)CCC3)c1ccc2[nH]ccc2c1. The van der Waals surface area contributed by atoms with Gasteiger partial charge in [0.15, 0.2) is 0 Å². The summed E-state index contributed by atoms with van der Waals surface area (Å²) < 4.78 is 0. The maximum atomic E-state index is 12.6. The molecule has 2 heterocycles. The van der Waals surface area contributed by atoms with Gasteiger partial charge in [0.25, 0.3) is 11.5 Å². The number of benzene rings is 2. The smallest absolute Gasteiger partial charge is 0.255 e. The lowest BCUT2D eigenvalue weighted by Crippen LogP contribution is -2.14. The zero-order chi connectivity index (χ0) is 17.7. The Balaban J connectivity index is 1.50. The minimum Gasteiger partial charge on any atom is -0.361 e. The van der Waals surface area contributed by atoms with Crippen LogP contribution in [0.15, 0.2) is 53.5 Å². The fourth-order valence-electron chi connectivity index (χ4n) is 3.88. The van der Waals surface area contributed by atoms with Crippen molar-refractivity contribution >= 4 is 33.4 Å². The molecule has 0 aliphatic heterocycles. The van der Waals surface area contributed by atoms with Crippen LogP contribution in [0.1, 0.15) is 27.9 Å². The van der Waals surface area contributed by atoms with Crippen LogP contribution in [0.3, 0.4) is 0 Å². The van der Waals surface area contributed by atoms with Crippen LogP contribution in [0, 0.1) is 0 Å². The normalized spacial score (nSPS) is 13.2. The fraction of sp³-hybridized carbons (Fsp3) is 0.143. The van der Waals surface area contributed by atoms with E-state index in [2.05, 4.69) is 15.3 Å². The number of aryl methyl sites for hydroxylation is 1. The number of pyridine rings is 1. The standard InChI is InChI=1S/C21H17N3O2/c25-20(13-4-7-18-12(10-13)8-9-22-18)23-14-5-6-16-15-2-1-3-17(15)21(26)24-19(16)11-14/h4-11,22H,1-3H2,(H,23,25)(H,24,26). The molecule has 3 N–H and O–H groups in total. The first-order valence-corrected chi connectivity index (χ1v) is 8.75. The Hall–Kier alpha value is -3.34. The number of aromatic nitrogens is 2. The van der Waals surface area contributed by atoms with Crippen molar-refractivity contribution in [2.24, 2.45) is 0 Å². The van der Waals surface area contributed by atoms with E-state index in [0.717, 1.165) is 52.2 Å². The summed E-state index contributed by atoms with van der Waals surface area (Å²) in [7, 11) is 0. The predicted octanol–water partition coefficient (Wildman–Crippen LogP) is 3.75. The molecule has 0 bridgehead atoms. The van der Waals surface area contributed by atoms with Crippen LogP contribution in [0.2, 0.25) is 0 Å². The van der Waals surface area contributed by atoms with Crippen LogP contribution in [-0.2, 0) is 12.8 Å². The highest BCUT2D eigenvalue weighted by Gasteiger charge is 2.18. The number of fused-ring (bicyclic) bond motifs is 4. The molecule has 1 amide bonds. The highest BCUT2D eigenvalue weighted by molar-refractivity contribution is 6.07. The Bertz CT molecular complexity index is 1230. The maximum Gasteiger partial charge on any atom is 0.255 e. The van der Waals surface area contributed by atoms with E-state index >= 15 is 0 Å². The van der Waals surface area contributed by atoms with Gasteiger partial charge in [0.05, 0.1) is 5.52 Å². The molecule has 5 rings (SSSR count). The zero-order valence-electron chi connectivity index (χ0n) is 14.1. The summed E-state index contributed by atoms with van der Waals surface area (Å²) in [6.07, 6.45) is 4.67. The first-order valence-electron chi connectivity index (χ1n) is 8.75. The zero-order valence-corrected chi connectivity index (χ0v) is 14.1. The van der Waals surface area contributed by atoms with E-state index in [9.17, 15) is 9.59 Å². The molecule has 2 aromatic carbocycles. The van der Waals surface area contributed by atoms with Gasteiger partial charge < -0.3 is 15.3 Å². The summed E-state index contributed by atoms with van der Waals surface area (Å²) >= 11 is 0. The molecule has 0 unspecified atom stereocenters. The van der Waals surface area contributed by atoms with Crippen LogP contribution < -0.4 is 10.9 Å². The van der Waals surface area contributed by atoms with E-state index in [4.69, 9.17) is 0 Å². The monoisotopic (exact) mass is 343 g/mol. The summed E-state index contributed by atoms with van der Waals surface area (Å²) in [5.74, 6) is -0.170. The van der Waals surface area contributed by atoms with Crippen molar-refractivity contribution in [3.63, 3.8) is 0 Å². The van der Waals surface area contributed by atoms with E-state index in [-0.39, 0.29) is 11.5 Å². The number of H-pyrrole nitrogens is 2. The third-order valence-corrected chi connectivity index (χ3v) is 5.16. The molecule has 1 aliphatic carbocycles. The first kappa shape index (κ1) is 15.0. The molecule has 128 valence electrons. The van der Waals surface area contributed by atoms with Crippen LogP contribution in [0.25, 0.3) is 21.8 Å². The largest absolute Gasteiger partial charge is 0.361 e. The van der Waals surface area contributed by atoms with Crippen molar-refractivity contribution in [3.8, 4) is 0 Å². The third-order valence-electron chi connectivity index (χ3n) is 5.16. The number of amides is 1. The van der Waals surface area contributed by atoms with E-state index in [1.165, 1.54) is 0 Å². The van der Waals surface area contributed by atoms with Crippen molar-refractivity contribution in [1.29, 1.82) is 0 Å². The average molecular weight is 343 g/mol. The maximum absolute atomic E-state index is 12.6. The van der Waals surface area contributed by atoms with Crippen molar-refractivity contribution in [2.45, 2.75) is 19.3 Å². The van der Waals surface area contributed by atoms with Crippen LogP contribution in [0.4, 0.5) is 5.69 Å². The summed E-state index contributed by atoms with van der Waals surface area (Å²) in [4.78, 5) is 30.9. The van der Waals surface area contributed by atoms with Gasteiger partial charge in [-0.15, -0.1) is 0 Å². The quantitative estimate of drug-likeness (QED) is 0.518. The molecule has 0 radical (unpaired) electrons. The number of carbonyl (C=O) groups is 1. The Morgan fingerprint density at radius 2 is 1.85 bits per heavy atom. The molecule has 1 aliphatic rings. The minimum atomic E-state index is -0.170. The van der Waals surface area contributed by atoms with E-state index in [0.29, 0.717) is 11.3 Å². The Labute approximate surface area is 149 Å². The molecule has 5 heteroatoms. The summed E-state index contributed by atoms with van der Waals surface area (Å²) in [5, 5.41) is 4.99. The van der Waals surface area contributed by atoms with Crippen LogP contribution in [-0.4, -0.2) is 15.9 Å². The Morgan fingerprint density at radius 1 is 0.962 bits per heavy atom. The lowest BCUT2D eigenvalue weighted by Gasteiger charge is -2.09. The fourth-order valence-corrected chi connectivity index (χ4v) is 3.88. The molecule has 4 aromatic rings. The van der Waals surface area contributed by atoms with E-state index < -0.39 is 0 Å². The molecule has 0 saturated carbocycles. The van der Waals surface area contributed by atoms with Crippen molar-refractivity contribution in [3.05, 3.63) is 75.7 Å². The summed E-state index contributed by atoms with van der Waals surface area (Å²) in [5.41, 5.74) is 5.10. The van der Waals surface area contributed by atoms with Crippen LogP contribution >= 0.6 is 0 Å². The van der Waals surface area contributed by atoms with Gasteiger partial charge in [-0.2, -0.15) is 0 Å². The molecule has 2 aromatic heterocycles. The van der Waals surface area contributed by atoms with E-state index in [1.807, 2.05) is 42.6 Å². The molecule has 26 heavy (non-hydrogen) atoms. The molecular formula is C21H17N3O2. The molecule has 0 fully saturated rings. The Morgan fingerprint density at radius 3 is 2.77 bits per heavy atom. The third kappa shape index (κ3) is 2.32. The second kappa shape index (κ2) is 5.59. The van der Waals surface area contributed by atoms with Gasteiger partial charge >= 0.3 is 0 Å². The molecular weight excluding hydrogens is 326 g/mol. The second-order valence-electron chi connectivity index (χ2n) is 6.76. The molecule has 0 atom stereocenters. The van der Waals surface area contributed by atoms with Gasteiger partial charge in [-0.05, 0) is 61.2 Å².